The molecule has 1 aromatic rings. The Morgan fingerprint density at radius 3 is 2.48 bits per heavy atom. The van der Waals surface area contributed by atoms with Crippen molar-refractivity contribution in [2.24, 2.45) is 0 Å². The van der Waals surface area contributed by atoms with Gasteiger partial charge in [-0.15, -0.1) is 0 Å². The van der Waals surface area contributed by atoms with Gasteiger partial charge in [0, 0.05) is 18.7 Å². The number of aliphatic hydroxyl groups excluding tert-OH is 1. The molecule has 0 radical (unpaired) electrons. The van der Waals surface area contributed by atoms with E-state index in [2.05, 4.69) is 15.4 Å². The third kappa shape index (κ3) is 7.13. The summed E-state index contributed by atoms with van der Waals surface area (Å²) in [5.74, 6) is -0.115. The second kappa shape index (κ2) is 8.51. The molecular formula is C13H15F5N2O3. The van der Waals surface area contributed by atoms with Crippen molar-refractivity contribution in [1.82, 2.24) is 10.6 Å². The van der Waals surface area contributed by atoms with Crippen molar-refractivity contribution >= 4 is 6.03 Å². The maximum absolute atomic E-state index is 12.2. The van der Waals surface area contributed by atoms with Gasteiger partial charge in [-0.05, 0) is 12.5 Å². The van der Waals surface area contributed by atoms with Crippen molar-refractivity contribution < 1.29 is 36.6 Å². The fourth-order valence-electron chi connectivity index (χ4n) is 1.58. The molecular weight excluding hydrogens is 327 g/mol. The van der Waals surface area contributed by atoms with Gasteiger partial charge in [-0.1, -0.05) is 18.2 Å². The van der Waals surface area contributed by atoms with E-state index in [-0.39, 0.29) is 17.9 Å². The molecule has 0 spiro atoms. The smallest absolute Gasteiger partial charge is 0.414 e. The Kier molecular flexibility index (Phi) is 7.01. The molecule has 1 atom stereocenters. The fraction of sp³-hybridized carbons (Fsp3) is 0.462. The summed E-state index contributed by atoms with van der Waals surface area (Å²) in [5.41, 5.74) is 0.276. The molecule has 10 heteroatoms. The van der Waals surface area contributed by atoms with Crippen LogP contribution in [0.2, 0.25) is 0 Å². The Morgan fingerprint density at radius 2 is 1.87 bits per heavy atom. The van der Waals surface area contributed by atoms with Gasteiger partial charge in [0.2, 0.25) is 0 Å². The molecule has 23 heavy (non-hydrogen) atoms. The maximum atomic E-state index is 12.2. The van der Waals surface area contributed by atoms with Gasteiger partial charge in [0.1, 0.15) is 5.75 Å². The summed E-state index contributed by atoms with van der Waals surface area (Å²) in [6, 6.07) is 4.96. The molecule has 0 aliphatic carbocycles. The number of halogens is 5. The molecule has 130 valence electrons. The molecule has 3 N–H and O–H groups in total. The van der Waals surface area contributed by atoms with E-state index in [1.165, 1.54) is 18.2 Å². The number of rotatable bonds is 7. The molecule has 1 aromatic carbocycles. The van der Waals surface area contributed by atoms with Crippen molar-refractivity contribution in [3.63, 3.8) is 0 Å². The first-order valence-corrected chi connectivity index (χ1v) is 6.49. The van der Waals surface area contributed by atoms with Crippen molar-refractivity contribution in [1.29, 1.82) is 0 Å². The average Bonchev–Trinajstić information content (AvgIpc) is 2.44. The summed E-state index contributed by atoms with van der Waals surface area (Å²) in [6.07, 6.45) is -7.96. The number of urea groups is 1. The lowest BCUT2D eigenvalue weighted by molar-refractivity contribution is -0.204. The molecule has 2 amide bonds. The van der Waals surface area contributed by atoms with Gasteiger partial charge >= 0.3 is 18.8 Å². The highest BCUT2D eigenvalue weighted by Crippen LogP contribution is 2.22. The Morgan fingerprint density at radius 1 is 1.22 bits per heavy atom. The van der Waals surface area contributed by atoms with Gasteiger partial charge in [-0.2, -0.15) is 22.0 Å². The lowest BCUT2D eigenvalue weighted by Crippen LogP contribution is -2.38. The van der Waals surface area contributed by atoms with Crippen LogP contribution in [-0.4, -0.2) is 36.6 Å². The van der Waals surface area contributed by atoms with E-state index in [0.717, 1.165) is 0 Å². The van der Waals surface area contributed by atoms with Gasteiger partial charge in [0.25, 0.3) is 0 Å². The minimum Gasteiger partial charge on any atom is -0.434 e. The van der Waals surface area contributed by atoms with Gasteiger partial charge < -0.3 is 20.5 Å². The van der Waals surface area contributed by atoms with E-state index < -0.39 is 37.9 Å². The van der Waals surface area contributed by atoms with E-state index in [0.29, 0.717) is 0 Å². The summed E-state index contributed by atoms with van der Waals surface area (Å²) in [5, 5.41) is 13.1. The highest BCUT2D eigenvalue weighted by Gasteiger charge is 2.37. The summed E-state index contributed by atoms with van der Waals surface area (Å²) in [7, 11) is 0. The predicted octanol–water partition coefficient (Wildman–Crippen LogP) is 2.40. The molecule has 0 heterocycles. The molecule has 0 aromatic heterocycles. The summed E-state index contributed by atoms with van der Waals surface area (Å²) in [4.78, 5) is 11.4. The lowest BCUT2D eigenvalue weighted by atomic mass is 10.2. The first kappa shape index (κ1) is 18.9. The molecule has 0 fully saturated rings. The number of amides is 2. The Hall–Kier alpha value is -2.10. The number of alkyl halides is 5. The number of benzene rings is 1. The minimum atomic E-state index is -4.75. The van der Waals surface area contributed by atoms with Crippen molar-refractivity contribution in [3.05, 3.63) is 29.8 Å². The van der Waals surface area contributed by atoms with E-state index in [9.17, 15) is 26.7 Å². The average molecular weight is 342 g/mol. The number of hydrogen-bond acceptors (Lipinski definition) is 3. The summed E-state index contributed by atoms with van der Waals surface area (Å²) >= 11 is 0. The van der Waals surface area contributed by atoms with Gasteiger partial charge in [-0.25, -0.2) is 4.79 Å². The van der Waals surface area contributed by atoms with E-state index in [1.54, 1.807) is 6.07 Å². The largest absolute Gasteiger partial charge is 0.434 e. The standard InChI is InChI=1S/C13H15F5N2O3/c14-11(15)23-9-4-2-1-3-8(9)7-20-12(22)19-6-5-10(21)13(16,17)18/h1-4,10-11,21H,5-7H2,(H2,19,20,22)/t10-/m0/s1. The lowest BCUT2D eigenvalue weighted by Gasteiger charge is -2.15. The Bertz CT molecular complexity index is 511. The highest BCUT2D eigenvalue weighted by atomic mass is 19.4. The normalized spacial score (nSPS) is 12.8. The van der Waals surface area contributed by atoms with Crippen molar-refractivity contribution in [2.75, 3.05) is 6.54 Å². The van der Waals surface area contributed by atoms with Crippen LogP contribution in [0.5, 0.6) is 5.75 Å². The van der Waals surface area contributed by atoms with Crippen LogP contribution in [0.25, 0.3) is 0 Å². The third-order valence-electron chi connectivity index (χ3n) is 2.71. The molecule has 0 unspecified atom stereocenters. The maximum Gasteiger partial charge on any atom is 0.414 e. The summed E-state index contributed by atoms with van der Waals surface area (Å²) < 4.78 is 64.8. The first-order valence-electron chi connectivity index (χ1n) is 6.49. The van der Waals surface area contributed by atoms with Crippen LogP contribution in [0.1, 0.15) is 12.0 Å². The van der Waals surface area contributed by atoms with Gasteiger partial charge in [-0.3, -0.25) is 0 Å². The van der Waals surface area contributed by atoms with Crippen LogP contribution >= 0.6 is 0 Å². The first-order chi connectivity index (χ1) is 10.7. The van der Waals surface area contributed by atoms with Crippen LogP contribution in [0.15, 0.2) is 24.3 Å². The second-order valence-electron chi connectivity index (χ2n) is 4.44. The number of para-hydroxylation sites is 1. The summed E-state index contributed by atoms with van der Waals surface area (Å²) in [6.45, 7) is -3.58. The number of hydrogen-bond donors (Lipinski definition) is 3. The number of aliphatic hydroxyl groups is 1. The van der Waals surface area contributed by atoms with Crippen molar-refractivity contribution in [3.8, 4) is 5.75 Å². The quantitative estimate of drug-likeness (QED) is 0.667. The zero-order chi connectivity index (χ0) is 17.5. The molecule has 0 aliphatic heterocycles. The van der Waals surface area contributed by atoms with E-state index >= 15 is 0 Å². The van der Waals surface area contributed by atoms with E-state index in [1.807, 2.05) is 0 Å². The molecule has 0 saturated carbocycles. The zero-order valence-corrected chi connectivity index (χ0v) is 11.7. The zero-order valence-electron chi connectivity index (χ0n) is 11.7. The number of carbonyl (C=O) groups is 1. The molecule has 0 bridgehead atoms. The third-order valence-corrected chi connectivity index (χ3v) is 2.71. The van der Waals surface area contributed by atoms with Crippen molar-refractivity contribution in [2.45, 2.75) is 31.9 Å². The molecule has 5 nitrogen and oxygen atoms in total. The molecule has 0 saturated heterocycles. The predicted molar refractivity (Wildman–Crippen MR) is 70.0 cm³/mol. The molecule has 0 aliphatic rings. The van der Waals surface area contributed by atoms with Crippen LogP contribution in [-0.2, 0) is 6.54 Å². The topological polar surface area (TPSA) is 70.6 Å². The van der Waals surface area contributed by atoms with Gasteiger partial charge in [0.15, 0.2) is 6.10 Å². The highest BCUT2D eigenvalue weighted by molar-refractivity contribution is 5.73. The van der Waals surface area contributed by atoms with Gasteiger partial charge in [0.05, 0.1) is 0 Å². The Labute approximate surface area is 128 Å². The van der Waals surface area contributed by atoms with Crippen LogP contribution < -0.4 is 15.4 Å². The fourth-order valence-corrected chi connectivity index (χ4v) is 1.58. The number of carbonyl (C=O) groups excluding carboxylic acids is 1. The Balaban J connectivity index is 2.39. The van der Waals surface area contributed by atoms with Crippen LogP contribution in [0, 0.1) is 0 Å². The van der Waals surface area contributed by atoms with Crippen LogP contribution in [0.3, 0.4) is 0 Å². The second-order valence-corrected chi connectivity index (χ2v) is 4.44. The van der Waals surface area contributed by atoms with E-state index in [4.69, 9.17) is 5.11 Å². The SMILES string of the molecule is O=C(NCC[C@H](O)C(F)(F)F)NCc1ccccc1OC(F)F. The van der Waals surface area contributed by atoms with Crippen LogP contribution in [0.4, 0.5) is 26.7 Å². The number of nitrogens with one attached hydrogen (secondary N) is 2. The number of ether oxygens (including phenoxy) is 1. The minimum absolute atomic E-state index is 0.115. The molecule has 1 rings (SSSR count). The monoisotopic (exact) mass is 342 g/mol.